The monoisotopic (exact) mass is 216 g/mol. The Morgan fingerprint density at radius 2 is 2.00 bits per heavy atom. The summed E-state index contributed by atoms with van der Waals surface area (Å²) in [5.74, 6) is 1.05. The van der Waals surface area contributed by atoms with Crippen LogP contribution in [-0.4, -0.2) is 11.4 Å². The molecule has 2 nitrogen and oxygen atoms in total. The van der Waals surface area contributed by atoms with E-state index in [1.54, 1.807) is 0 Å². The summed E-state index contributed by atoms with van der Waals surface area (Å²) >= 11 is 0. The standard InChI is InChI=1S/C14H16O2/c1-10-4-5-13-11(8-10)12(15)9-14(16-13)6-2-3-7-14/h4-5,8H,2-3,6-7,9H2,1H3. The lowest BCUT2D eigenvalue weighted by Gasteiger charge is -2.34. The van der Waals surface area contributed by atoms with Crippen molar-refractivity contribution in [3.8, 4) is 5.75 Å². The van der Waals surface area contributed by atoms with Crippen molar-refractivity contribution in [1.29, 1.82) is 0 Å². The number of fused-ring (bicyclic) bond motifs is 1. The number of carbonyl (C=O) groups excluding carboxylic acids is 1. The number of carbonyl (C=O) groups is 1. The number of hydrogen-bond donors (Lipinski definition) is 0. The summed E-state index contributed by atoms with van der Waals surface area (Å²) in [5.41, 5.74) is 1.73. The van der Waals surface area contributed by atoms with Crippen LogP contribution in [0.5, 0.6) is 5.75 Å². The zero-order valence-corrected chi connectivity index (χ0v) is 9.58. The molecule has 1 aliphatic heterocycles. The lowest BCUT2D eigenvalue weighted by atomic mass is 9.88. The van der Waals surface area contributed by atoms with Crippen LogP contribution in [0.3, 0.4) is 0 Å². The second-order valence-corrected chi connectivity index (χ2v) is 5.09. The zero-order chi connectivity index (χ0) is 11.2. The van der Waals surface area contributed by atoms with Gasteiger partial charge in [-0.3, -0.25) is 4.79 Å². The second-order valence-electron chi connectivity index (χ2n) is 5.09. The van der Waals surface area contributed by atoms with E-state index in [0.717, 1.165) is 29.7 Å². The van der Waals surface area contributed by atoms with Crippen molar-refractivity contribution < 1.29 is 9.53 Å². The van der Waals surface area contributed by atoms with Crippen molar-refractivity contribution in [3.05, 3.63) is 29.3 Å². The van der Waals surface area contributed by atoms with Gasteiger partial charge in [0.05, 0.1) is 12.0 Å². The van der Waals surface area contributed by atoms with Gasteiger partial charge in [-0.2, -0.15) is 0 Å². The third-order valence-electron chi connectivity index (χ3n) is 3.76. The fraction of sp³-hybridized carbons (Fsp3) is 0.500. The van der Waals surface area contributed by atoms with Crippen LogP contribution in [-0.2, 0) is 0 Å². The number of Topliss-reactive ketones (excluding diaryl/α,β-unsaturated/α-hetero) is 1. The van der Waals surface area contributed by atoms with Gasteiger partial charge in [0.25, 0.3) is 0 Å². The lowest BCUT2D eigenvalue weighted by Crippen LogP contribution is -2.39. The SMILES string of the molecule is Cc1ccc2c(c1)C(=O)CC1(CCCC1)O2. The summed E-state index contributed by atoms with van der Waals surface area (Å²) in [5, 5.41) is 0. The van der Waals surface area contributed by atoms with Crippen LogP contribution in [0.15, 0.2) is 18.2 Å². The Bertz CT molecular complexity index is 442. The van der Waals surface area contributed by atoms with Gasteiger partial charge in [-0.25, -0.2) is 0 Å². The molecule has 1 spiro atoms. The minimum absolute atomic E-state index is 0.167. The molecular formula is C14H16O2. The van der Waals surface area contributed by atoms with Crippen LogP contribution in [0.1, 0.15) is 48.0 Å². The molecule has 0 unspecified atom stereocenters. The average Bonchev–Trinajstić information content (AvgIpc) is 2.68. The predicted octanol–water partition coefficient (Wildman–Crippen LogP) is 3.27. The maximum absolute atomic E-state index is 12.1. The van der Waals surface area contributed by atoms with Crippen molar-refractivity contribution in [2.75, 3.05) is 0 Å². The predicted molar refractivity (Wildman–Crippen MR) is 62.0 cm³/mol. The molecule has 84 valence electrons. The Hall–Kier alpha value is -1.31. The highest BCUT2D eigenvalue weighted by molar-refractivity contribution is 6.00. The van der Waals surface area contributed by atoms with Gasteiger partial charge in [0.2, 0.25) is 0 Å². The first kappa shape index (κ1) is 9.88. The number of hydrogen-bond acceptors (Lipinski definition) is 2. The number of ketones is 1. The molecule has 1 aliphatic carbocycles. The Balaban J connectivity index is 2.02. The van der Waals surface area contributed by atoms with Crippen LogP contribution >= 0.6 is 0 Å². The quantitative estimate of drug-likeness (QED) is 0.665. The van der Waals surface area contributed by atoms with E-state index in [2.05, 4.69) is 0 Å². The number of rotatable bonds is 0. The molecule has 0 radical (unpaired) electrons. The molecular weight excluding hydrogens is 200 g/mol. The molecule has 0 amide bonds. The van der Waals surface area contributed by atoms with Crippen molar-refractivity contribution in [3.63, 3.8) is 0 Å². The molecule has 1 fully saturated rings. The molecule has 2 aliphatic rings. The molecule has 1 aromatic rings. The van der Waals surface area contributed by atoms with Gasteiger partial charge in [0, 0.05) is 0 Å². The van der Waals surface area contributed by atoms with Crippen molar-refractivity contribution in [1.82, 2.24) is 0 Å². The normalized spacial score (nSPS) is 21.9. The largest absolute Gasteiger partial charge is 0.486 e. The Morgan fingerprint density at radius 1 is 1.25 bits per heavy atom. The number of ether oxygens (including phenoxy) is 1. The van der Waals surface area contributed by atoms with E-state index in [0.29, 0.717) is 6.42 Å². The first-order valence-electron chi connectivity index (χ1n) is 6.01. The van der Waals surface area contributed by atoms with Crippen molar-refractivity contribution in [2.45, 2.75) is 44.6 Å². The van der Waals surface area contributed by atoms with Crippen LogP contribution < -0.4 is 4.74 Å². The molecule has 0 aromatic heterocycles. The smallest absolute Gasteiger partial charge is 0.170 e. The van der Waals surface area contributed by atoms with E-state index >= 15 is 0 Å². The molecule has 0 bridgehead atoms. The summed E-state index contributed by atoms with van der Waals surface area (Å²) in [6.45, 7) is 2.01. The summed E-state index contributed by atoms with van der Waals surface area (Å²) in [6.07, 6.45) is 5.02. The molecule has 0 N–H and O–H groups in total. The molecule has 1 aromatic carbocycles. The van der Waals surface area contributed by atoms with Crippen LogP contribution in [0, 0.1) is 6.92 Å². The van der Waals surface area contributed by atoms with Gasteiger partial charge < -0.3 is 4.74 Å². The van der Waals surface area contributed by atoms with E-state index in [1.807, 2.05) is 25.1 Å². The Morgan fingerprint density at radius 3 is 2.75 bits per heavy atom. The summed E-state index contributed by atoms with van der Waals surface area (Å²) in [4.78, 5) is 12.1. The first-order valence-corrected chi connectivity index (χ1v) is 6.01. The minimum atomic E-state index is -0.167. The molecule has 16 heavy (non-hydrogen) atoms. The van der Waals surface area contributed by atoms with E-state index in [-0.39, 0.29) is 11.4 Å². The fourth-order valence-electron chi connectivity index (χ4n) is 2.91. The van der Waals surface area contributed by atoms with Gasteiger partial charge >= 0.3 is 0 Å². The van der Waals surface area contributed by atoms with Gasteiger partial charge in [-0.1, -0.05) is 11.6 Å². The van der Waals surface area contributed by atoms with Crippen molar-refractivity contribution >= 4 is 5.78 Å². The van der Waals surface area contributed by atoms with Gasteiger partial charge in [0.1, 0.15) is 11.4 Å². The number of benzene rings is 1. The third kappa shape index (κ3) is 1.44. The summed E-state index contributed by atoms with van der Waals surface area (Å²) < 4.78 is 6.08. The van der Waals surface area contributed by atoms with E-state index in [9.17, 15) is 4.79 Å². The number of aryl methyl sites for hydroxylation is 1. The minimum Gasteiger partial charge on any atom is -0.486 e. The fourth-order valence-corrected chi connectivity index (χ4v) is 2.91. The van der Waals surface area contributed by atoms with E-state index in [4.69, 9.17) is 4.74 Å². The topological polar surface area (TPSA) is 26.3 Å². The van der Waals surface area contributed by atoms with Crippen molar-refractivity contribution in [2.24, 2.45) is 0 Å². The molecule has 1 saturated carbocycles. The third-order valence-corrected chi connectivity index (χ3v) is 3.76. The highest BCUT2D eigenvalue weighted by atomic mass is 16.5. The maximum Gasteiger partial charge on any atom is 0.170 e. The van der Waals surface area contributed by atoms with Crippen LogP contribution in [0.4, 0.5) is 0 Å². The van der Waals surface area contributed by atoms with Gasteiger partial charge in [-0.15, -0.1) is 0 Å². The van der Waals surface area contributed by atoms with Gasteiger partial charge in [0.15, 0.2) is 5.78 Å². The Kier molecular flexibility index (Phi) is 2.06. The molecule has 2 heteroatoms. The first-order chi connectivity index (χ1) is 7.69. The van der Waals surface area contributed by atoms with E-state index < -0.39 is 0 Å². The second kappa shape index (κ2) is 3.34. The van der Waals surface area contributed by atoms with Crippen LogP contribution in [0.2, 0.25) is 0 Å². The molecule has 1 heterocycles. The molecule has 0 atom stereocenters. The lowest BCUT2D eigenvalue weighted by molar-refractivity contribution is 0.0450. The average molecular weight is 216 g/mol. The summed E-state index contributed by atoms with van der Waals surface area (Å²) in [6, 6.07) is 5.90. The molecule has 3 rings (SSSR count). The van der Waals surface area contributed by atoms with Gasteiger partial charge in [-0.05, 0) is 44.7 Å². The van der Waals surface area contributed by atoms with Crippen LogP contribution in [0.25, 0.3) is 0 Å². The highest BCUT2D eigenvalue weighted by Gasteiger charge is 2.42. The molecule has 0 saturated heterocycles. The van der Waals surface area contributed by atoms with E-state index in [1.165, 1.54) is 12.8 Å². The highest BCUT2D eigenvalue weighted by Crippen LogP contribution is 2.42. The Labute approximate surface area is 95.6 Å². The zero-order valence-electron chi connectivity index (χ0n) is 9.58. The summed E-state index contributed by atoms with van der Waals surface area (Å²) in [7, 11) is 0. The maximum atomic E-state index is 12.1.